The van der Waals surface area contributed by atoms with Crippen LogP contribution in [-0.4, -0.2) is 17.1 Å². The van der Waals surface area contributed by atoms with Crippen LogP contribution in [0.15, 0.2) is 53.4 Å². The molecule has 0 saturated heterocycles. The van der Waals surface area contributed by atoms with E-state index in [1.54, 1.807) is 30.8 Å². The number of carbonyl (C=O) groups excluding carboxylic acids is 1. The largest absolute Gasteiger partial charge is 0.322 e. The van der Waals surface area contributed by atoms with Gasteiger partial charge in [-0.25, -0.2) is 0 Å². The van der Waals surface area contributed by atoms with Crippen molar-refractivity contribution in [2.24, 2.45) is 0 Å². The molecular formula is C17H16N2O3S. The van der Waals surface area contributed by atoms with Gasteiger partial charge in [0, 0.05) is 23.1 Å². The Labute approximate surface area is 138 Å². The normalized spacial score (nSPS) is 10.7. The molecule has 0 heterocycles. The lowest BCUT2D eigenvalue weighted by atomic mass is 10.1. The highest BCUT2D eigenvalue weighted by Crippen LogP contribution is 2.22. The Hall–Kier alpha value is -2.60. The van der Waals surface area contributed by atoms with Crippen molar-refractivity contribution in [3.63, 3.8) is 0 Å². The van der Waals surface area contributed by atoms with Gasteiger partial charge in [0.05, 0.1) is 10.6 Å². The first-order chi connectivity index (χ1) is 11.0. The molecule has 1 amide bonds. The molecule has 0 spiro atoms. The van der Waals surface area contributed by atoms with Crippen molar-refractivity contribution in [1.82, 2.24) is 0 Å². The third-order valence-corrected chi connectivity index (χ3v) is 3.98. The summed E-state index contributed by atoms with van der Waals surface area (Å²) in [6.45, 7) is 1.78. The Morgan fingerprint density at radius 2 is 1.91 bits per heavy atom. The van der Waals surface area contributed by atoms with Gasteiger partial charge in [0.2, 0.25) is 5.91 Å². The first kappa shape index (κ1) is 16.8. The fourth-order valence-electron chi connectivity index (χ4n) is 1.92. The van der Waals surface area contributed by atoms with Gasteiger partial charge in [-0.05, 0) is 42.5 Å². The predicted octanol–water partition coefficient (Wildman–Crippen LogP) is 4.28. The molecule has 2 aromatic rings. The summed E-state index contributed by atoms with van der Waals surface area (Å²) in [5.74, 6) is -0.331. The Morgan fingerprint density at radius 1 is 1.22 bits per heavy atom. The van der Waals surface area contributed by atoms with E-state index < -0.39 is 4.92 Å². The van der Waals surface area contributed by atoms with Crippen LogP contribution in [-0.2, 0) is 4.79 Å². The van der Waals surface area contributed by atoms with Crippen molar-refractivity contribution >= 4 is 35.1 Å². The molecule has 0 aliphatic heterocycles. The summed E-state index contributed by atoms with van der Waals surface area (Å²) in [5.41, 5.74) is 2.06. The molecule has 0 aliphatic carbocycles. The number of thioether (sulfide) groups is 1. The van der Waals surface area contributed by atoms with Crippen molar-refractivity contribution in [2.45, 2.75) is 11.8 Å². The molecule has 23 heavy (non-hydrogen) atoms. The van der Waals surface area contributed by atoms with E-state index in [0.717, 1.165) is 16.0 Å². The molecular weight excluding hydrogens is 312 g/mol. The standard InChI is InChI=1S/C17H16N2O3S/c1-12-3-7-14(19(21)22)11-16(12)18-17(20)10-6-13-4-8-15(23-2)9-5-13/h3-11H,1-2H3,(H,18,20)/b10-6+. The number of nitro benzene ring substituents is 1. The van der Waals surface area contributed by atoms with Gasteiger partial charge >= 0.3 is 0 Å². The van der Waals surface area contributed by atoms with Crippen molar-refractivity contribution < 1.29 is 9.72 Å². The van der Waals surface area contributed by atoms with Crippen LogP contribution in [0.2, 0.25) is 0 Å². The molecule has 0 saturated carbocycles. The number of aryl methyl sites for hydroxylation is 1. The SMILES string of the molecule is CSc1ccc(/C=C/C(=O)Nc2cc([N+](=O)[O-])ccc2C)cc1. The van der Waals surface area contributed by atoms with Gasteiger partial charge in [0.15, 0.2) is 0 Å². The van der Waals surface area contributed by atoms with Crippen LogP contribution < -0.4 is 5.32 Å². The molecule has 118 valence electrons. The number of hydrogen-bond acceptors (Lipinski definition) is 4. The number of non-ortho nitro benzene ring substituents is 1. The molecule has 0 unspecified atom stereocenters. The van der Waals surface area contributed by atoms with E-state index in [1.807, 2.05) is 30.5 Å². The fraction of sp³-hybridized carbons (Fsp3) is 0.118. The van der Waals surface area contributed by atoms with Crippen LogP contribution in [0.5, 0.6) is 0 Å². The minimum atomic E-state index is -0.488. The average Bonchev–Trinajstić information content (AvgIpc) is 2.55. The van der Waals surface area contributed by atoms with Crippen molar-refractivity contribution in [3.8, 4) is 0 Å². The number of hydrogen-bond donors (Lipinski definition) is 1. The van der Waals surface area contributed by atoms with Crippen LogP contribution >= 0.6 is 11.8 Å². The Balaban J connectivity index is 2.08. The predicted molar refractivity (Wildman–Crippen MR) is 93.7 cm³/mol. The minimum Gasteiger partial charge on any atom is -0.322 e. The lowest BCUT2D eigenvalue weighted by Crippen LogP contribution is -2.09. The summed E-state index contributed by atoms with van der Waals surface area (Å²) in [5, 5.41) is 13.5. The van der Waals surface area contributed by atoms with E-state index in [4.69, 9.17) is 0 Å². The Bertz CT molecular complexity index is 755. The molecule has 1 N–H and O–H groups in total. The van der Waals surface area contributed by atoms with Crippen LogP contribution in [0, 0.1) is 17.0 Å². The van der Waals surface area contributed by atoms with Crippen molar-refractivity contribution in [2.75, 3.05) is 11.6 Å². The quantitative estimate of drug-likeness (QED) is 0.385. The van der Waals surface area contributed by atoms with Gasteiger partial charge in [-0.3, -0.25) is 14.9 Å². The van der Waals surface area contributed by atoms with Gasteiger partial charge in [0.1, 0.15) is 0 Å². The molecule has 6 heteroatoms. The second kappa shape index (κ2) is 7.60. The van der Waals surface area contributed by atoms with Crippen molar-refractivity contribution in [3.05, 3.63) is 69.8 Å². The lowest BCUT2D eigenvalue weighted by molar-refractivity contribution is -0.384. The van der Waals surface area contributed by atoms with Gasteiger partial charge in [-0.15, -0.1) is 11.8 Å². The maximum Gasteiger partial charge on any atom is 0.271 e. The Kier molecular flexibility index (Phi) is 5.54. The van der Waals surface area contributed by atoms with Gasteiger partial charge in [-0.1, -0.05) is 18.2 Å². The molecule has 0 fully saturated rings. The highest BCUT2D eigenvalue weighted by Gasteiger charge is 2.09. The zero-order chi connectivity index (χ0) is 16.8. The van der Waals surface area contributed by atoms with Gasteiger partial charge < -0.3 is 5.32 Å². The van der Waals surface area contributed by atoms with E-state index in [1.165, 1.54) is 18.2 Å². The Morgan fingerprint density at radius 3 is 2.52 bits per heavy atom. The third-order valence-electron chi connectivity index (χ3n) is 3.23. The lowest BCUT2D eigenvalue weighted by Gasteiger charge is -2.06. The zero-order valence-electron chi connectivity index (χ0n) is 12.8. The third kappa shape index (κ3) is 4.69. The maximum atomic E-state index is 12.0. The summed E-state index contributed by atoms with van der Waals surface area (Å²) in [6.07, 6.45) is 5.11. The van der Waals surface area contributed by atoms with Gasteiger partial charge in [0.25, 0.3) is 5.69 Å². The summed E-state index contributed by atoms with van der Waals surface area (Å²) in [6, 6.07) is 12.2. The average molecular weight is 328 g/mol. The van der Waals surface area contributed by atoms with E-state index in [-0.39, 0.29) is 11.6 Å². The van der Waals surface area contributed by atoms with E-state index in [0.29, 0.717) is 5.69 Å². The first-order valence-corrected chi connectivity index (χ1v) is 8.10. The van der Waals surface area contributed by atoms with Crippen LogP contribution in [0.25, 0.3) is 6.08 Å². The second-order valence-corrected chi connectivity index (χ2v) is 5.73. The number of nitro groups is 1. The molecule has 0 atom stereocenters. The van der Waals surface area contributed by atoms with Crippen molar-refractivity contribution in [1.29, 1.82) is 0 Å². The highest BCUT2D eigenvalue weighted by atomic mass is 32.2. The van der Waals surface area contributed by atoms with Crippen LogP contribution in [0.3, 0.4) is 0 Å². The summed E-state index contributed by atoms with van der Waals surface area (Å²) < 4.78 is 0. The number of benzene rings is 2. The zero-order valence-corrected chi connectivity index (χ0v) is 13.6. The minimum absolute atomic E-state index is 0.0532. The molecule has 2 aromatic carbocycles. The fourth-order valence-corrected chi connectivity index (χ4v) is 2.33. The summed E-state index contributed by atoms with van der Waals surface area (Å²) >= 11 is 1.65. The maximum absolute atomic E-state index is 12.0. The number of anilines is 1. The molecule has 5 nitrogen and oxygen atoms in total. The number of carbonyl (C=O) groups is 1. The van der Waals surface area contributed by atoms with E-state index >= 15 is 0 Å². The topological polar surface area (TPSA) is 72.2 Å². The molecule has 0 aromatic heterocycles. The number of nitrogens with zero attached hydrogens (tertiary/aromatic N) is 1. The number of nitrogens with one attached hydrogen (secondary N) is 1. The molecule has 0 bridgehead atoms. The first-order valence-electron chi connectivity index (χ1n) is 6.88. The molecule has 2 rings (SSSR count). The second-order valence-electron chi connectivity index (χ2n) is 4.85. The van der Waals surface area contributed by atoms with E-state index in [2.05, 4.69) is 5.32 Å². The summed E-state index contributed by atoms with van der Waals surface area (Å²) in [4.78, 5) is 23.4. The molecule has 0 aliphatic rings. The van der Waals surface area contributed by atoms with E-state index in [9.17, 15) is 14.9 Å². The van der Waals surface area contributed by atoms with Crippen LogP contribution in [0.4, 0.5) is 11.4 Å². The summed E-state index contributed by atoms with van der Waals surface area (Å²) in [7, 11) is 0. The van der Waals surface area contributed by atoms with Gasteiger partial charge in [-0.2, -0.15) is 0 Å². The number of amides is 1. The highest BCUT2D eigenvalue weighted by molar-refractivity contribution is 7.98. The molecule has 0 radical (unpaired) electrons. The number of rotatable bonds is 5. The monoisotopic (exact) mass is 328 g/mol. The van der Waals surface area contributed by atoms with Crippen LogP contribution in [0.1, 0.15) is 11.1 Å². The smallest absolute Gasteiger partial charge is 0.271 e.